The van der Waals surface area contributed by atoms with Gasteiger partial charge in [0.1, 0.15) is 5.78 Å². The van der Waals surface area contributed by atoms with Gasteiger partial charge in [-0.2, -0.15) is 0 Å². The van der Waals surface area contributed by atoms with E-state index in [0.717, 1.165) is 5.56 Å². The van der Waals surface area contributed by atoms with Gasteiger partial charge in [0.15, 0.2) is 0 Å². The fraction of sp³-hybridized carbons (Fsp3) is 0.588. The Hall–Kier alpha value is -1.19. The molecule has 0 aliphatic carbocycles. The third kappa shape index (κ3) is 3.90. The second-order valence-corrected chi connectivity index (χ2v) is 5.65. The van der Waals surface area contributed by atoms with Crippen molar-refractivity contribution in [2.75, 3.05) is 0 Å². The van der Waals surface area contributed by atoms with Crippen LogP contribution in [0.5, 0.6) is 0 Å². The van der Waals surface area contributed by atoms with Gasteiger partial charge in [-0.05, 0) is 12.0 Å². The predicted octanol–water partition coefficient (Wildman–Crippen LogP) is 2.76. The monoisotopic (exact) mass is 278 g/mol. The second-order valence-electron chi connectivity index (χ2n) is 5.65. The van der Waals surface area contributed by atoms with E-state index in [0.29, 0.717) is 6.42 Å². The fourth-order valence-electron chi connectivity index (χ4n) is 2.51. The lowest BCUT2D eigenvalue weighted by molar-refractivity contribution is -0.133. The number of carbonyl (C=O) groups excluding carboxylic acids is 1. The van der Waals surface area contributed by atoms with Crippen molar-refractivity contribution in [3.05, 3.63) is 35.9 Å². The highest BCUT2D eigenvalue weighted by atomic mass is 16.3. The van der Waals surface area contributed by atoms with E-state index in [9.17, 15) is 15.0 Å². The molecule has 0 aromatic heterocycles. The average Bonchev–Trinajstić information content (AvgIpc) is 2.51. The van der Waals surface area contributed by atoms with Crippen molar-refractivity contribution in [1.82, 2.24) is 0 Å². The molecule has 0 saturated heterocycles. The van der Waals surface area contributed by atoms with Crippen LogP contribution >= 0.6 is 0 Å². The Labute approximate surface area is 121 Å². The Morgan fingerprint density at radius 2 is 1.60 bits per heavy atom. The molecule has 0 heterocycles. The molecule has 1 aromatic carbocycles. The van der Waals surface area contributed by atoms with Gasteiger partial charge in [0.25, 0.3) is 0 Å². The molecule has 5 atom stereocenters. The van der Waals surface area contributed by atoms with E-state index < -0.39 is 24.0 Å². The second kappa shape index (κ2) is 7.55. The summed E-state index contributed by atoms with van der Waals surface area (Å²) in [6.45, 7) is 7.24. The van der Waals surface area contributed by atoms with Crippen molar-refractivity contribution in [3.63, 3.8) is 0 Å². The first-order chi connectivity index (χ1) is 9.40. The average molecular weight is 278 g/mol. The minimum atomic E-state index is -0.739. The lowest BCUT2D eigenvalue weighted by atomic mass is 9.81. The number of rotatable bonds is 7. The van der Waals surface area contributed by atoms with E-state index in [2.05, 4.69) is 0 Å². The summed E-state index contributed by atoms with van der Waals surface area (Å²) in [4.78, 5) is 12.3. The van der Waals surface area contributed by atoms with Crippen LogP contribution < -0.4 is 0 Å². The number of ketones is 1. The van der Waals surface area contributed by atoms with Crippen molar-refractivity contribution in [2.24, 2.45) is 11.8 Å². The van der Waals surface area contributed by atoms with Crippen LogP contribution in [0.1, 0.15) is 45.6 Å². The molecule has 0 radical (unpaired) electrons. The van der Waals surface area contributed by atoms with Gasteiger partial charge in [-0.25, -0.2) is 0 Å². The normalized spacial score (nSPS) is 18.9. The fourth-order valence-corrected chi connectivity index (χ4v) is 2.51. The Morgan fingerprint density at radius 3 is 2.10 bits per heavy atom. The van der Waals surface area contributed by atoms with E-state index in [1.54, 1.807) is 13.8 Å². The number of hydrogen-bond donors (Lipinski definition) is 2. The zero-order valence-corrected chi connectivity index (χ0v) is 12.8. The molecule has 112 valence electrons. The van der Waals surface area contributed by atoms with Crippen LogP contribution in [0.4, 0.5) is 0 Å². The molecule has 0 aliphatic heterocycles. The quantitative estimate of drug-likeness (QED) is 0.806. The van der Waals surface area contributed by atoms with Crippen LogP contribution in [-0.4, -0.2) is 28.2 Å². The first-order valence-electron chi connectivity index (χ1n) is 7.34. The van der Waals surface area contributed by atoms with E-state index in [-0.39, 0.29) is 11.7 Å². The summed E-state index contributed by atoms with van der Waals surface area (Å²) < 4.78 is 0. The first-order valence-corrected chi connectivity index (χ1v) is 7.34. The summed E-state index contributed by atoms with van der Waals surface area (Å²) in [7, 11) is 0. The van der Waals surface area contributed by atoms with Gasteiger partial charge in [-0.3, -0.25) is 4.79 Å². The predicted molar refractivity (Wildman–Crippen MR) is 80.5 cm³/mol. The number of aliphatic hydroxyl groups is 2. The standard InChI is InChI=1S/C17H26O3/c1-5-15(18)12(3)17(20)13(4)16(19)11(2)14-9-7-6-8-10-14/h6-13,15-16,18-19H,5H2,1-4H3/t11-,12+,13+,15+,16+/m0/s1. The van der Waals surface area contributed by atoms with Gasteiger partial charge >= 0.3 is 0 Å². The maximum atomic E-state index is 12.3. The van der Waals surface area contributed by atoms with Crippen LogP contribution in [0.2, 0.25) is 0 Å². The molecule has 2 N–H and O–H groups in total. The summed E-state index contributed by atoms with van der Waals surface area (Å²) in [6.07, 6.45) is -0.829. The summed E-state index contributed by atoms with van der Waals surface area (Å²) in [5.74, 6) is -1.11. The van der Waals surface area contributed by atoms with E-state index in [1.807, 2.05) is 44.2 Å². The molecule has 0 fully saturated rings. The zero-order valence-electron chi connectivity index (χ0n) is 12.8. The van der Waals surface area contributed by atoms with E-state index in [4.69, 9.17) is 0 Å². The third-order valence-electron chi connectivity index (χ3n) is 4.24. The maximum Gasteiger partial charge on any atom is 0.143 e. The SMILES string of the molecule is CC[C@@H](O)[C@@H](C)C(=O)[C@H](C)[C@H](O)[C@@H](C)c1ccccc1. The molecule has 0 unspecified atom stereocenters. The number of carbonyl (C=O) groups is 1. The molecular weight excluding hydrogens is 252 g/mol. The number of benzene rings is 1. The molecule has 0 saturated carbocycles. The minimum absolute atomic E-state index is 0.0744. The maximum absolute atomic E-state index is 12.3. The van der Waals surface area contributed by atoms with Crippen LogP contribution in [0.3, 0.4) is 0 Å². The van der Waals surface area contributed by atoms with Crippen LogP contribution in [0.25, 0.3) is 0 Å². The molecule has 0 amide bonds. The third-order valence-corrected chi connectivity index (χ3v) is 4.24. The lowest BCUT2D eigenvalue weighted by Crippen LogP contribution is -2.37. The Kier molecular flexibility index (Phi) is 6.37. The highest BCUT2D eigenvalue weighted by Gasteiger charge is 2.32. The molecule has 1 rings (SSSR count). The van der Waals surface area contributed by atoms with Gasteiger partial charge in [0.05, 0.1) is 12.2 Å². The van der Waals surface area contributed by atoms with Crippen LogP contribution in [0.15, 0.2) is 30.3 Å². The summed E-state index contributed by atoms with van der Waals surface area (Å²) in [5.41, 5.74) is 1.02. The molecule has 3 nitrogen and oxygen atoms in total. The molecule has 1 aromatic rings. The Bertz CT molecular complexity index is 416. The summed E-state index contributed by atoms with van der Waals surface area (Å²) in [6, 6.07) is 9.69. The molecule has 0 aliphatic rings. The van der Waals surface area contributed by atoms with Gasteiger partial charge in [0.2, 0.25) is 0 Å². The smallest absolute Gasteiger partial charge is 0.143 e. The largest absolute Gasteiger partial charge is 0.392 e. The Morgan fingerprint density at radius 1 is 1.05 bits per heavy atom. The molecule has 0 spiro atoms. The van der Waals surface area contributed by atoms with E-state index in [1.165, 1.54) is 0 Å². The van der Waals surface area contributed by atoms with Gasteiger partial charge in [-0.1, -0.05) is 58.0 Å². The van der Waals surface area contributed by atoms with Crippen molar-refractivity contribution in [1.29, 1.82) is 0 Å². The molecule has 0 bridgehead atoms. The number of hydrogen-bond acceptors (Lipinski definition) is 3. The zero-order chi connectivity index (χ0) is 15.3. The van der Waals surface area contributed by atoms with Gasteiger partial charge in [-0.15, -0.1) is 0 Å². The van der Waals surface area contributed by atoms with E-state index >= 15 is 0 Å². The highest BCUT2D eigenvalue weighted by molar-refractivity contribution is 5.84. The lowest BCUT2D eigenvalue weighted by Gasteiger charge is -2.27. The van der Waals surface area contributed by atoms with Crippen LogP contribution in [0, 0.1) is 11.8 Å². The summed E-state index contributed by atoms with van der Waals surface area (Å²) in [5, 5.41) is 20.2. The van der Waals surface area contributed by atoms with Crippen molar-refractivity contribution in [3.8, 4) is 0 Å². The molecular formula is C17H26O3. The number of aliphatic hydroxyl groups excluding tert-OH is 2. The Balaban J connectivity index is 2.76. The highest BCUT2D eigenvalue weighted by Crippen LogP contribution is 2.26. The van der Waals surface area contributed by atoms with Gasteiger partial charge in [0, 0.05) is 17.8 Å². The van der Waals surface area contributed by atoms with Gasteiger partial charge < -0.3 is 10.2 Å². The summed E-state index contributed by atoms with van der Waals surface area (Å²) >= 11 is 0. The van der Waals surface area contributed by atoms with Crippen molar-refractivity contribution in [2.45, 2.75) is 52.2 Å². The minimum Gasteiger partial charge on any atom is -0.392 e. The first kappa shape index (κ1) is 16.9. The van der Waals surface area contributed by atoms with Crippen molar-refractivity contribution >= 4 is 5.78 Å². The molecule has 3 heteroatoms. The molecule has 20 heavy (non-hydrogen) atoms. The van der Waals surface area contributed by atoms with Crippen molar-refractivity contribution < 1.29 is 15.0 Å². The topological polar surface area (TPSA) is 57.5 Å². The van der Waals surface area contributed by atoms with Crippen LogP contribution in [-0.2, 0) is 4.79 Å². The number of Topliss-reactive ketones (excluding diaryl/α,β-unsaturated/α-hetero) is 1.